The van der Waals surface area contributed by atoms with Crippen LogP contribution < -0.4 is 0 Å². The van der Waals surface area contributed by atoms with Crippen LogP contribution in [-0.2, 0) is 9.53 Å². The second-order valence-corrected chi connectivity index (χ2v) is 7.87. The van der Waals surface area contributed by atoms with Gasteiger partial charge in [0.1, 0.15) is 0 Å². The Hall–Kier alpha value is -1.25. The second-order valence-electron chi connectivity index (χ2n) is 7.87. The van der Waals surface area contributed by atoms with Gasteiger partial charge in [-0.15, -0.1) is 0 Å². The van der Waals surface area contributed by atoms with Gasteiger partial charge in [-0.05, 0) is 69.1 Å². The lowest BCUT2D eigenvalue weighted by Gasteiger charge is -2.37. The largest absolute Gasteiger partial charge is 0.462 e. The average molecular weight is 402 g/mol. The van der Waals surface area contributed by atoms with E-state index < -0.39 is 36.3 Å². The zero-order valence-corrected chi connectivity index (χ0v) is 15.0. The van der Waals surface area contributed by atoms with Crippen LogP contribution in [-0.4, -0.2) is 35.6 Å². The molecule has 3 nitrogen and oxygen atoms in total. The lowest BCUT2D eigenvalue weighted by molar-refractivity contribution is -0.373. The molecular weight excluding hydrogens is 378 g/mol. The molecule has 156 valence electrons. The Morgan fingerprint density at radius 3 is 2.00 bits per heavy atom. The molecule has 0 aromatic heterocycles. The minimum atomic E-state index is -5.75. The average Bonchev–Trinajstić information content (AvgIpc) is 3.08. The standard InChI is InChI=1S/C18H24F6O3/c1-10(2)15(25)27-5-3-4-11-6-13-7-12(11)8-14(13)9-16(26,17(19,20)21)18(22,23)24/h11-14,26H,1,3-9H2,2H3. The third-order valence-electron chi connectivity index (χ3n) is 5.95. The van der Waals surface area contributed by atoms with E-state index in [1.54, 1.807) is 0 Å². The molecule has 4 unspecified atom stereocenters. The highest BCUT2D eigenvalue weighted by Crippen LogP contribution is 2.57. The summed E-state index contributed by atoms with van der Waals surface area (Å²) in [5, 5.41) is 9.40. The highest BCUT2D eigenvalue weighted by atomic mass is 19.4. The van der Waals surface area contributed by atoms with E-state index in [9.17, 15) is 36.2 Å². The molecule has 2 rings (SSSR count). The summed E-state index contributed by atoms with van der Waals surface area (Å²) in [5.74, 6) is -1.25. The molecule has 2 aliphatic carbocycles. The van der Waals surface area contributed by atoms with Gasteiger partial charge >= 0.3 is 18.3 Å². The molecule has 0 saturated heterocycles. The summed E-state index contributed by atoms with van der Waals surface area (Å²) >= 11 is 0. The molecule has 4 atom stereocenters. The molecule has 0 aromatic carbocycles. The monoisotopic (exact) mass is 402 g/mol. The van der Waals surface area contributed by atoms with Crippen molar-refractivity contribution in [3.8, 4) is 0 Å². The Morgan fingerprint density at radius 1 is 1.04 bits per heavy atom. The zero-order chi connectivity index (χ0) is 20.6. The molecule has 2 saturated carbocycles. The maximum Gasteiger partial charge on any atom is 0.426 e. The van der Waals surface area contributed by atoms with Crippen LogP contribution in [0.15, 0.2) is 12.2 Å². The van der Waals surface area contributed by atoms with Gasteiger partial charge in [-0.25, -0.2) is 4.79 Å². The molecule has 2 bridgehead atoms. The summed E-state index contributed by atoms with van der Waals surface area (Å²) in [6, 6.07) is 0. The summed E-state index contributed by atoms with van der Waals surface area (Å²) in [5.41, 5.74) is -4.36. The van der Waals surface area contributed by atoms with Crippen LogP contribution >= 0.6 is 0 Å². The first kappa shape index (κ1) is 22.0. The van der Waals surface area contributed by atoms with E-state index in [4.69, 9.17) is 4.74 Å². The van der Waals surface area contributed by atoms with Crippen LogP contribution in [0.1, 0.15) is 45.4 Å². The number of aliphatic hydroxyl groups is 1. The lowest BCUT2D eigenvalue weighted by atomic mass is 9.75. The fraction of sp³-hybridized carbons (Fsp3) is 0.833. The molecule has 0 heterocycles. The Bertz CT molecular complexity index is 554. The van der Waals surface area contributed by atoms with Crippen LogP contribution in [0.2, 0.25) is 0 Å². The Labute approximate surface area is 153 Å². The molecule has 0 amide bonds. The first-order chi connectivity index (χ1) is 12.3. The molecule has 0 aliphatic heterocycles. The van der Waals surface area contributed by atoms with Crippen molar-refractivity contribution in [2.45, 2.75) is 63.4 Å². The smallest absolute Gasteiger partial charge is 0.426 e. The Balaban J connectivity index is 1.86. The van der Waals surface area contributed by atoms with E-state index >= 15 is 0 Å². The minimum absolute atomic E-state index is 0.0579. The quantitative estimate of drug-likeness (QED) is 0.288. The molecule has 2 fully saturated rings. The van der Waals surface area contributed by atoms with Crippen LogP contribution in [0.3, 0.4) is 0 Å². The highest BCUT2D eigenvalue weighted by Gasteiger charge is 2.71. The van der Waals surface area contributed by atoms with Crippen molar-refractivity contribution >= 4 is 5.97 Å². The number of fused-ring (bicyclic) bond motifs is 2. The van der Waals surface area contributed by atoms with Crippen LogP contribution in [0.5, 0.6) is 0 Å². The van der Waals surface area contributed by atoms with Crippen LogP contribution in [0.25, 0.3) is 0 Å². The van der Waals surface area contributed by atoms with Gasteiger partial charge in [-0.3, -0.25) is 0 Å². The third-order valence-corrected chi connectivity index (χ3v) is 5.95. The number of esters is 1. The van der Waals surface area contributed by atoms with E-state index in [0.29, 0.717) is 31.3 Å². The molecule has 27 heavy (non-hydrogen) atoms. The fourth-order valence-corrected chi connectivity index (χ4v) is 4.52. The molecule has 0 spiro atoms. The van der Waals surface area contributed by atoms with Gasteiger partial charge in [0.25, 0.3) is 5.60 Å². The molecular formula is C18H24F6O3. The van der Waals surface area contributed by atoms with Crippen LogP contribution in [0, 0.1) is 23.7 Å². The van der Waals surface area contributed by atoms with Crippen molar-refractivity contribution < 1.29 is 41.0 Å². The van der Waals surface area contributed by atoms with Gasteiger partial charge in [-0.1, -0.05) is 6.58 Å². The van der Waals surface area contributed by atoms with Crippen molar-refractivity contribution in [1.29, 1.82) is 0 Å². The van der Waals surface area contributed by atoms with Gasteiger partial charge in [-0.2, -0.15) is 26.3 Å². The number of rotatable bonds is 7. The fourth-order valence-electron chi connectivity index (χ4n) is 4.52. The maximum absolute atomic E-state index is 12.9. The summed E-state index contributed by atoms with van der Waals surface area (Å²) < 4.78 is 82.3. The van der Waals surface area contributed by atoms with Crippen molar-refractivity contribution in [3.05, 3.63) is 12.2 Å². The third kappa shape index (κ3) is 4.60. The SMILES string of the molecule is C=C(C)C(=O)OCCCC1CC2CC1CC2CC(O)(C(F)(F)F)C(F)(F)F. The molecule has 2 aliphatic rings. The second kappa shape index (κ2) is 7.64. The number of ether oxygens (including phenoxy) is 1. The summed E-state index contributed by atoms with van der Waals surface area (Å²) in [6.07, 6.45) is -10.1. The van der Waals surface area contributed by atoms with Gasteiger partial charge in [0, 0.05) is 5.57 Å². The van der Waals surface area contributed by atoms with Gasteiger partial charge in [0.15, 0.2) is 0 Å². The Morgan fingerprint density at radius 2 is 1.56 bits per heavy atom. The van der Waals surface area contributed by atoms with Crippen molar-refractivity contribution in [2.24, 2.45) is 23.7 Å². The summed E-state index contributed by atoms with van der Waals surface area (Å²) in [4.78, 5) is 11.3. The highest BCUT2D eigenvalue weighted by molar-refractivity contribution is 5.86. The van der Waals surface area contributed by atoms with Gasteiger partial charge < -0.3 is 9.84 Å². The first-order valence-corrected chi connectivity index (χ1v) is 8.94. The normalized spacial score (nSPS) is 28.4. The van der Waals surface area contributed by atoms with Crippen LogP contribution in [0.4, 0.5) is 26.3 Å². The minimum Gasteiger partial charge on any atom is -0.462 e. The van der Waals surface area contributed by atoms with E-state index in [1.807, 2.05) is 0 Å². The maximum atomic E-state index is 12.9. The van der Waals surface area contributed by atoms with Crippen molar-refractivity contribution in [3.63, 3.8) is 0 Å². The van der Waals surface area contributed by atoms with E-state index in [0.717, 1.165) is 0 Å². The Kier molecular flexibility index (Phi) is 6.24. The number of alkyl halides is 6. The predicted octanol–water partition coefficient (Wildman–Crippen LogP) is 4.79. The van der Waals surface area contributed by atoms with Crippen molar-refractivity contribution in [1.82, 2.24) is 0 Å². The van der Waals surface area contributed by atoms with E-state index in [1.165, 1.54) is 6.92 Å². The topological polar surface area (TPSA) is 46.5 Å². The molecule has 0 aromatic rings. The number of hydrogen-bond donors (Lipinski definition) is 1. The van der Waals surface area contributed by atoms with Crippen molar-refractivity contribution in [2.75, 3.05) is 6.61 Å². The summed E-state index contributed by atoms with van der Waals surface area (Å²) in [7, 11) is 0. The van der Waals surface area contributed by atoms with E-state index in [-0.39, 0.29) is 30.8 Å². The van der Waals surface area contributed by atoms with Gasteiger partial charge in [0.2, 0.25) is 0 Å². The molecule has 9 heteroatoms. The zero-order valence-electron chi connectivity index (χ0n) is 15.0. The number of halogens is 6. The molecule has 0 radical (unpaired) electrons. The number of carbonyl (C=O) groups is 1. The number of carbonyl (C=O) groups excluding carboxylic acids is 1. The predicted molar refractivity (Wildman–Crippen MR) is 84.5 cm³/mol. The molecule has 1 N–H and O–H groups in total. The first-order valence-electron chi connectivity index (χ1n) is 8.94. The van der Waals surface area contributed by atoms with E-state index in [2.05, 4.69) is 6.58 Å². The number of hydrogen-bond acceptors (Lipinski definition) is 3. The van der Waals surface area contributed by atoms with Gasteiger partial charge in [0.05, 0.1) is 6.61 Å². The summed E-state index contributed by atoms with van der Waals surface area (Å²) in [6.45, 7) is 5.20. The lowest BCUT2D eigenvalue weighted by Crippen LogP contribution is -2.58.